The number of hydrogen-bond donors (Lipinski definition) is 3. The standard InChI is InChI=1S/C17H21N3O4S/c1-12-3-6-15(9-13(12)2)24-11-20-17(21)19-10-14-4-7-16(8-5-14)25(18,22)23/h3-9H,10-11H2,1-2H3,(H2,18,22,23)(H2,19,20,21). The number of carbonyl (C=O) groups excluding carboxylic acids is 1. The van der Waals surface area contributed by atoms with E-state index in [9.17, 15) is 13.2 Å². The molecule has 134 valence electrons. The Morgan fingerprint density at radius 2 is 1.72 bits per heavy atom. The van der Waals surface area contributed by atoms with Crippen LogP contribution < -0.4 is 20.5 Å². The molecule has 25 heavy (non-hydrogen) atoms. The third-order valence-corrected chi connectivity index (χ3v) is 4.58. The Bertz CT molecular complexity index is 849. The summed E-state index contributed by atoms with van der Waals surface area (Å²) in [6.07, 6.45) is 0. The number of carbonyl (C=O) groups is 1. The molecular formula is C17H21N3O4S. The van der Waals surface area contributed by atoms with E-state index in [1.165, 1.54) is 17.7 Å². The monoisotopic (exact) mass is 363 g/mol. The number of hydrogen-bond acceptors (Lipinski definition) is 4. The first-order valence-corrected chi connectivity index (χ1v) is 9.14. The summed E-state index contributed by atoms with van der Waals surface area (Å²) in [4.78, 5) is 11.8. The number of benzene rings is 2. The Hall–Kier alpha value is -2.58. The minimum Gasteiger partial charge on any atom is -0.473 e. The topological polar surface area (TPSA) is 111 Å². The maximum absolute atomic E-state index is 11.7. The van der Waals surface area contributed by atoms with Crippen LogP contribution in [0.15, 0.2) is 47.4 Å². The minimum absolute atomic E-state index is 0.0301. The van der Waals surface area contributed by atoms with Gasteiger partial charge in [0.15, 0.2) is 6.73 Å². The molecule has 0 saturated carbocycles. The van der Waals surface area contributed by atoms with Crippen LogP contribution in [0.25, 0.3) is 0 Å². The van der Waals surface area contributed by atoms with Crippen molar-refractivity contribution >= 4 is 16.1 Å². The molecule has 2 aromatic carbocycles. The normalized spacial score (nSPS) is 11.0. The molecular weight excluding hydrogens is 342 g/mol. The SMILES string of the molecule is Cc1ccc(OCNC(=O)NCc2ccc(S(N)(=O)=O)cc2)cc1C. The van der Waals surface area contributed by atoms with Crippen LogP contribution in [0.1, 0.15) is 16.7 Å². The maximum Gasteiger partial charge on any atom is 0.317 e. The molecule has 0 aliphatic carbocycles. The van der Waals surface area contributed by atoms with Crippen LogP contribution >= 0.6 is 0 Å². The van der Waals surface area contributed by atoms with Gasteiger partial charge in [0.25, 0.3) is 0 Å². The third kappa shape index (κ3) is 5.77. The van der Waals surface area contributed by atoms with Crippen molar-refractivity contribution in [3.05, 3.63) is 59.2 Å². The Morgan fingerprint density at radius 3 is 2.32 bits per heavy atom. The van der Waals surface area contributed by atoms with Crippen molar-refractivity contribution in [2.75, 3.05) is 6.73 Å². The highest BCUT2D eigenvalue weighted by Crippen LogP contribution is 2.15. The zero-order valence-corrected chi connectivity index (χ0v) is 14.9. The predicted molar refractivity (Wildman–Crippen MR) is 94.6 cm³/mol. The first-order valence-electron chi connectivity index (χ1n) is 7.59. The van der Waals surface area contributed by atoms with Gasteiger partial charge in [-0.25, -0.2) is 18.4 Å². The number of aryl methyl sites for hydroxylation is 2. The summed E-state index contributed by atoms with van der Waals surface area (Å²) in [5.41, 5.74) is 3.04. The van der Waals surface area contributed by atoms with E-state index in [-0.39, 0.29) is 24.2 Å². The molecule has 0 spiro atoms. The van der Waals surface area contributed by atoms with E-state index in [1.807, 2.05) is 32.0 Å². The predicted octanol–water partition coefficient (Wildman–Crippen LogP) is 1.79. The second kappa shape index (κ2) is 8.00. The van der Waals surface area contributed by atoms with Crippen LogP contribution in [0.2, 0.25) is 0 Å². The zero-order valence-electron chi connectivity index (χ0n) is 14.1. The number of nitrogens with one attached hydrogen (secondary N) is 2. The molecule has 0 unspecified atom stereocenters. The number of rotatable bonds is 6. The van der Waals surface area contributed by atoms with E-state index in [0.29, 0.717) is 5.75 Å². The lowest BCUT2D eigenvalue weighted by molar-refractivity contribution is 0.223. The molecule has 0 heterocycles. The van der Waals surface area contributed by atoms with E-state index in [4.69, 9.17) is 9.88 Å². The maximum atomic E-state index is 11.7. The molecule has 0 saturated heterocycles. The molecule has 0 aromatic heterocycles. The molecule has 2 aromatic rings. The molecule has 2 amide bonds. The lowest BCUT2D eigenvalue weighted by Crippen LogP contribution is -2.37. The molecule has 0 radical (unpaired) electrons. The molecule has 0 aliphatic rings. The minimum atomic E-state index is -3.71. The molecule has 7 nitrogen and oxygen atoms in total. The van der Waals surface area contributed by atoms with Crippen molar-refractivity contribution < 1.29 is 17.9 Å². The lowest BCUT2D eigenvalue weighted by Gasteiger charge is -2.10. The summed E-state index contributed by atoms with van der Waals surface area (Å²) in [5.74, 6) is 0.682. The molecule has 0 fully saturated rings. The van der Waals surface area contributed by atoms with Gasteiger partial charge in [-0.2, -0.15) is 0 Å². The number of sulfonamides is 1. The smallest absolute Gasteiger partial charge is 0.317 e. The van der Waals surface area contributed by atoms with Crippen molar-refractivity contribution in [2.45, 2.75) is 25.3 Å². The van der Waals surface area contributed by atoms with Crippen LogP contribution in [-0.4, -0.2) is 21.2 Å². The van der Waals surface area contributed by atoms with Crippen LogP contribution in [0.5, 0.6) is 5.75 Å². The fourth-order valence-corrected chi connectivity index (χ4v) is 2.55. The van der Waals surface area contributed by atoms with Gasteiger partial charge in [-0.3, -0.25) is 0 Å². The average molecular weight is 363 g/mol. The summed E-state index contributed by atoms with van der Waals surface area (Å²) < 4.78 is 27.8. The van der Waals surface area contributed by atoms with E-state index in [0.717, 1.165) is 11.1 Å². The Morgan fingerprint density at radius 1 is 1.04 bits per heavy atom. The van der Waals surface area contributed by atoms with Crippen LogP contribution in [0.4, 0.5) is 4.79 Å². The van der Waals surface area contributed by atoms with Crippen molar-refractivity contribution in [2.24, 2.45) is 5.14 Å². The molecule has 0 aliphatic heterocycles. The molecule has 0 atom stereocenters. The van der Waals surface area contributed by atoms with Gasteiger partial charge in [-0.1, -0.05) is 18.2 Å². The Kier molecular flexibility index (Phi) is 6.00. The second-order valence-corrected chi connectivity index (χ2v) is 7.14. The first kappa shape index (κ1) is 18.8. The average Bonchev–Trinajstić information content (AvgIpc) is 2.56. The van der Waals surface area contributed by atoms with Crippen LogP contribution in [0.3, 0.4) is 0 Å². The second-order valence-electron chi connectivity index (χ2n) is 5.58. The van der Waals surface area contributed by atoms with Crippen molar-refractivity contribution in [1.82, 2.24) is 10.6 Å². The number of nitrogens with two attached hydrogens (primary N) is 1. The largest absolute Gasteiger partial charge is 0.473 e. The van der Waals surface area contributed by atoms with Crippen molar-refractivity contribution in [3.63, 3.8) is 0 Å². The quantitative estimate of drug-likeness (QED) is 0.680. The van der Waals surface area contributed by atoms with Gasteiger partial charge in [-0.05, 0) is 54.8 Å². The van der Waals surface area contributed by atoms with Crippen molar-refractivity contribution in [1.29, 1.82) is 0 Å². The lowest BCUT2D eigenvalue weighted by atomic mass is 10.1. The highest BCUT2D eigenvalue weighted by molar-refractivity contribution is 7.89. The molecule has 0 bridgehead atoms. The fourth-order valence-electron chi connectivity index (χ4n) is 2.03. The molecule has 8 heteroatoms. The zero-order chi connectivity index (χ0) is 18.4. The van der Waals surface area contributed by atoms with E-state index in [1.54, 1.807) is 12.1 Å². The number of amides is 2. The Balaban J connectivity index is 1.76. The highest BCUT2D eigenvalue weighted by Gasteiger charge is 2.07. The highest BCUT2D eigenvalue weighted by atomic mass is 32.2. The summed E-state index contributed by atoms with van der Waals surface area (Å²) in [7, 11) is -3.71. The van der Waals surface area contributed by atoms with Gasteiger partial charge in [0.05, 0.1) is 4.90 Å². The van der Waals surface area contributed by atoms with Gasteiger partial charge in [0, 0.05) is 6.54 Å². The van der Waals surface area contributed by atoms with E-state index >= 15 is 0 Å². The molecule has 2 rings (SSSR count). The summed E-state index contributed by atoms with van der Waals surface area (Å²) in [5, 5.41) is 10.3. The van der Waals surface area contributed by atoms with Gasteiger partial charge < -0.3 is 15.4 Å². The number of urea groups is 1. The molecule has 4 N–H and O–H groups in total. The van der Waals surface area contributed by atoms with Crippen molar-refractivity contribution in [3.8, 4) is 5.75 Å². The van der Waals surface area contributed by atoms with Gasteiger partial charge in [0.1, 0.15) is 5.75 Å². The summed E-state index contributed by atoms with van der Waals surface area (Å²) in [6, 6.07) is 11.3. The first-order chi connectivity index (χ1) is 11.8. The number of ether oxygens (including phenoxy) is 1. The summed E-state index contributed by atoms with van der Waals surface area (Å²) in [6.45, 7) is 4.29. The van der Waals surface area contributed by atoms with Gasteiger partial charge in [-0.15, -0.1) is 0 Å². The number of primary sulfonamides is 1. The fraction of sp³-hybridized carbons (Fsp3) is 0.235. The van der Waals surface area contributed by atoms with Gasteiger partial charge >= 0.3 is 6.03 Å². The Labute approximate surface area is 147 Å². The van der Waals surface area contributed by atoms with E-state index in [2.05, 4.69) is 10.6 Å². The van der Waals surface area contributed by atoms with Gasteiger partial charge in [0.2, 0.25) is 10.0 Å². The van der Waals surface area contributed by atoms with Crippen LogP contribution in [-0.2, 0) is 16.6 Å². The summed E-state index contributed by atoms with van der Waals surface area (Å²) >= 11 is 0. The van der Waals surface area contributed by atoms with E-state index < -0.39 is 10.0 Å². The third-order valence-electron chi connectivity index (χ3n) is 3.65. The van der Waals surface area contributed by atoms with Crippen LogP contribution in [0, 0.1) is 13.8 Å².